The number of hydrogen-bond donors (Lipinski definition) is 3. The van der Waals surface area contributed by atoms with E-state index in [-0.39, 0.29) is 24.9 Å². The third-order valence-corrected chi connectivity index (χ3v) is 4.14. The van der Waals surface area contributed by atoms with Gasteiger partial charge in [0, 0.05) is 18.2 Å². The van der Waals surface area contributed by atoms with Crippen LogP contribution in [0.1, 0.15) is 28.8 Å². The van der Waals surface area contributed by atoms with Crippen LogP contribution < -0.4 is 16.0 Å². The van der Waals surface area contributed by atoms with Crippen LogP contribution in [-0.2, 0) is 11.3 Å². The number of carbonyl (C=O) groups excluding carboxylic acids is 3. The third kappa shape index (κ3) is 3.68. The van der Waals surface area contributed by atoms with E-state index < -0.39 is 6.03 Å². The fourth-order valence-electron chi connectivity index (χ4n) is 2.86. The predicted octanol–water partition coefficient (Wildman–Crippen LogP) is 0.220. The van der Waals surface area contributed by atoms with Crippen molar-refractivity contribution in [3.63, 3.8) is 0 Å². The minimum Gasteiger partial charge on any atom is -0.350 e. The third-order valence-electron chi connectivity index (χ3n) is 4.14. The van der Waals surface area contributed by atoms with Crippen LogP contribution in [-0.4, -0.2) is 48.4 Å². The van der Waals surface area contributed by atoms with Crippen LogP contribution >= 0.6 is 0 Å². The Labute approximate surface area is 134 Å². The summed E-state index contributed by atoms with van der Waals surface area (Å²) >= 11 is 0. The summed E-state index contributed by atoms with van der Waals surface area (Å²) in [6.07, 6.45) is 2.22. The second-order valence-electron chi connectivity index (χ2n) is 5.84. The van der Waals surface area contributed by atoms with Crippen molar-refractivity contribution in [3.8, 4) is 0 Å². The van der Waals surface area contributed by atoms with Gasteiger partial charge in [-0.25, -0.2) is 4.79 Å². The molecule has 2 aliphatic heterocycles. The average Bonchev–Trinajstić information content (AvgIpc) is 3.18. The number of benzene rings is 1. The summed E-state index contributed by atoms with van der Waals surface area (Å²) in [5.41, 5.74) is 1.29. The lowest BCUT2D eigenvalue weighted by atomic mass is 10.1. The number of nitrogens with zero attached hydrogens (tertiary/aromatic N) is 1. The number of rotatable bonds is 5. The first-order valence-electron chi connectivity index (χ1n) is 7.82. The van der Waals surface area contributed by atoms with Crippen molar-refractivity contribution in [2.75, 3.05) is 19.6 Å². The molecule has 2 saturated heterocycles. The summed E-state index contributed by atoms with van der Waals surface area (Å²) in [5.74, 6) is -0.394. The number of imide groups is 1. The van der Waals surface area contributed by atoms with Crippen LogP contribution in [0.25, 0.3) is 0 Å². The molecular weight excluding hydrogens is 296 g/mol. The quantitative estimate of drug-likeness (QED) is 0.678. The van der Waals surface area contributed by atoms with E-state index in [0.717, 1.165) is 29.8 Å². The molecule has 0 radical (unpaired) electrons. The molecule has 2 aliphatic rings. The first-order chi connectivity index (χ1) is 11.1. The topological polar surface area (TPSA) is 90.5 Å². The molecule has 23 heavy (non-hydrogen) atoms. The Bertz CT molecular complexity index is 610. The molecule has 1 atom stereocenters. The molecule has 122 valence electrons. The van der Waals surface area contributed by atoms with Gasteiger partial charge in [-0.05, 0) is 37.1 Å². The van der Waals surface area contributed by atoms with Gasteiger partial charge in [0.15, 0.2) is 0 Å². The fourth-order valence-corrected chi connectivity index (χ4v) is 2.86. The van der Waals surface area contributed by atoms with E-state index in [1.54, 1.807) is 24.3 Å². The zero-order valence-corrected chi connectivity index (χ0v) is 12.8. The van der Waals surface area contributed by atoms with Crippen molar-refractivity contribution in [3.05, 3.63) is 35.4 Å². The largest absolute Gasteiger partial charge is 0.350 e. The van der Waals surface area contributed by atoms with Gasteiger partial charge in [-0.15, -0.1) is 0 Å². The summed E-state index contributed by atoms with van der Waals surface area (Å²) in [4.78, 5) is 36.6. The van der Waals surface area contributed by atoms with Crippen molar-refractivity contribution in [2.45, 2.75) is 25.4 Å². The average molecular weight is 316 g/mol. The van der Waals surface area contributed by atoms with Crippen LogP contribution in [0.3, 0.4) is 0 Å². The first-order valence-corrected chi connectivity index (χ1v) is 7.82. The predicted molar refractivity (Wildman–Crippen MR) is 83.7 cm³/mol. The molecule has 0 spiro atoms. The van der Waals surface area contributed by atoms with E-state index in [4.69, 9.17) is 0 Å². The van der Waals surface area contributed by atoms with Gasteiger partial charge in [0.25, 0.3) is 5.91 Å². The zero-order valence-electron chi connectivity index (χ0n) is 12.8. The molecule has 0 aliphatic carbocycles. The van der Waals surface area contributed by atoms with Crippen LogP contribution in [0.2, 0.25) is 0 Å². The smallest absolute Gasteiger partial charge is 0.324 e. The van der Waals surface area contributed by atoms with Crippen molar-refractivity contribution in [1.29, 1.82) is 0 Å². The lowest BCUT2D eigenvalue weighted by molar-refractivity contribution is -0.125. The van der Waals surface area contributed by atoms with E-state index in [2.05, 4.69) is 16.0 Å². The van der Waals surface area contributed by atoms with E-state index in [0.29, 0.717) is 18.2 Å². The molecule has 3 N–H and O–H groups in total. The molecule has 0 bridgehead atoms. The highest BCUT2D eigenvalue weighted by molar-refractivity contribution is 6.02. The molecule has 0 aromatic heterocycles. The maximum atomic E-state index is 12.2. The maximum absolute atomic E-state index is 12.2. The number of hydrogen-bond acceptors (Lipinski definition) is 4. The van der Waals surface area contributed by atoms with Gasteiger partial charge < -0.3 is 16.0 Å². The van der Waals surface area contributed by atoms with Gasteiger partial charge in [0.2, 0.25) is 5.91 Å². The second-order valence-corrected chi connectivity index (χ2v) is 5.84. The highest BCUT2D eigenvalue weighted by atomic mass is 16.2. The minimum absolute atomic E-state index is 0.0351. The molecular formula is C16H20N4O3. The summed E-state index contributed by atoms with van der Waals surface area (Å²) < 4.78 is 0. The lowest BCUT2D eigenvalue weighted by Gasteiger charge is -2.14. The van der Waals surface area contributed by atoms with Crippen LogP contribution in [0.5, 0.6) is 0 Å². The van der Waals surface area contributed by atoms with Gasteiger partial charge in [-0.2, -0.15) is 0 Å². The summed E-state index contributed by atoms with van der Waals surface area (Å²) in [6, 6.07) is 6.96. The first kappa shape index (κ1) is 15.5. The standard InChI is InChI=1S/C16H20N4O3/c21-14-9-19-16(23)20(14)10-11-3-1-4-12(7-11)15(22)18-8-13-5-2-6-17-13/h1,3-4,7,13,17H,2,5-6,8-10H2,(H,18,22)(H,19,23). The van der Waals surface area contributed by atoms with Crippen LogP contribution in [0.15, 0.2) is 24.3 Å². The molecule has 7 heteroatoms. The lowest BCUT2D eigenvalue weighted by Crippen LogP contribution is -2.37. The van der Waals surface area contributed by atoms with Gasteiger partial charge in [0.1, 0.15) is 0 Å². The maximum Gasteiger partial charge on any atom is 0.324 e. The van der Waals surface area contributed by atoms with E-state index >= 15 is 0 Å². The van der Waals surface area contributed by atoms with Gasteiger partial charge in [-0.3, -0.25) is 14.5 Å². The van der Waals surface area contributed by atoms with Crippen molar-refractivity contribution in [1.82, 2.24) is 20.9 Å². The zero-order chi connectivity index (χ0) is 16.2. The second kappa shape index (κ2) is 6.78. The number of amides is 4. The Kier molecular flexibility index (Phi) is 4.57. The number of urea groups is 1. The molecule has 2 fully saturated rings. The van der Waals surface area contributed by atoms with Crippen molar-refractivity contribution in [2.24, 2.45) is 0 Å². The molecule has 4 amide bonds. The Morgan fingerprint density at radius 2 is 2.22 bits per heavy atom. The molecule has 0 saturated carbocycles. The van der Waals surface area contributed by atoms with E-state index in [1.807, 2.05) is 0 Å². The Morgan fingerprint density at radius 3 is 2.91 bits per heavy atom. The van der Waals surface area contributed by atoms with Crippen LogP contribution in [0, 0.1) is 0 Å². The molecule has 2 heterocycles. The highest BCUT2D eigenvalue weighted by Gasteiger charge is 2.28. The highest BCUT2D eigenvalue weighted by Crippen LogP contribution is 2.11. The SMILES string of the molecule is O=C(NCC1CCCN1)c1cccc(CN2C(=O)CNC2=O)c1. The van der Waals surface area contributed by atoms with Crippen molar-refractivity contribution >= 4 is 17.8 Å². The Hall–Kier alpha value is -2.41. The Balaban J connectivity index is 1.61. The van der Waals surface area contributed by atoms with Gasteiger partial charge in [-0.1, -0.05) is 12.1 Å². The minimum atomic E-state index is -0.392. The molecule has 3 rings (SSSR count). The monoisotopic (exact) mass is 316 g/mol. The summed E-state index contributed by atoms with van der Waals surface area (Å²) in [7, 11) is 0. The number of carbonyl (C=O) groups is 3. The molecule has 1 unspecified atom stereocenters. The summed E-state index contributed by atoms with van der Waals surface area (Å²) in [6.45, 7) is 1.82. The van der Waals surface area contributed by atoms with E-state index in [9.17, 15) is 14.4 Å². The normalized spacial score (nSPS) is 20.7. The van der Waals surface area contributed by atoms with Crippen LogP contribution in [0.4, 0.5) is 4.79 Å². The molecule has 1 aromatic rings. The van der Waals surface area contributed by atoms with Crippen molar-refractivity contribution < 1.29 is 14.4 Å². The van der Waals surface area contributed by atoms with Gasteiger partial charge in [0.05, 0.1) is 13.1 Å². The summed E-state index contributed by atoms with van der Waals surface area (Å²) in [5, 5.41) is 8.73. The van der Waals surface area contributed by atoms with Gasteiger partial charge >= 0.3 is 6.03 Å². The van der Waals surface area contributed by atoms with E-state index in [1.165, 1.54) is 0 Å². The number of nitrogens with one attached hydrogen (secondary N) is 3. The Morgan fingerprint density at radius 1 is 1.35 bits per heavy atom. The molecule has 7 nitrogen and oxygen atoms in total. The molecule has 1 aromatic carbocycles. The fraction of sp³-hybridized carbons (Fsp3) is 0.438.